The molecule has 0 radical (unpaired) electrons. The first-order valence-electron chi connectivity index (χ1n) is 9.55. The number of sulfonamides is 2. The van der Waals surface area contributed by atoms with E-state index in [1.54, 1.807) is 38.1 Å². The molecule has 0 bridgehead atoms. The van der Waals surface area contributed by atoms with Crippen LogP contribution in [0.1, 0.15) is 24.3 Å². The maximum absolute atomic E-state index is 12.8. The first-order valence-corrected chi connectivity index (χ1v) is 13.3. The van der Waals surface area contributed by atoms with Gasteiger partial charge in [0.05, 0.1) is 20.4 Å². The molecule has 6 nitrogen and oxygen atoms in total. The van der Waals surface area contributed by atoms with Crippen molar-refractivity contribution in [1.82, 2.24) is 4.31 Å². The van der Waals surface area contributed by atoms with Gasteiger partial charge in [-0.3, -0.25) is 4.72 Å². The van der Waals surface area contributed by atoms with Crippen molar-refractivity contribution in [3.63, 3.8) is 0 Å². The number of rotatable bonds is 7. The lowest BCUT2D eigenvalue weighted by atomic mass is 10.2. The number of hydrogen-bond acceptors (Lipinski definition) is 5. The van der Waals surface area contributed by atoms with Gasteiger partial charge in [-0.25, -0.2) is 16.8 Å². The zero-order valence-corrected chi connectivity index (χ0v) is 19.5. The Morgan fingerprint density at radius 3 is 2.16 bits per heavy atom. The molecule has 0 aliphatic heterocycles. The third kappa shape index (κ3) is 5.54. The Balaban J connectivity index is 1.81. The summed E-state index contributed by atoms with van der Waals surface area (Å²) in [4.78, 5) is 0.952. The van der Waals surface area contributed by atoms with Crippen LogP contribution in [0.2, 0.25) is 0 Å². The van der Waals surface area contributed by atoms with E-state index in [0.29, 0.717) is 24.3 Å². The van der Waals surface area contributed by atoms with E-state index >= 15 is 0 Å². The molecule has 0 saturated carbocycles. The van der Waals surface area contributed by atoms with Crippen molar-refractivity contribution in [3.05, 3.63) is 76.5 Å². The molecule has 1 N–H and O–H groups in total. The van der Waals surface area contributed by atoms with Crippen LogP contribution in [-0.2, 0) is 20.0 Å². The highest BCUT2D eigenvalue weighted by molar-refractivity contribution is 7.92. The minimum Gasteiger partial charge on any atom is -0.280 e. The number of thiophene rings is 1. The van der Waals surface area contributed by atoms with Gasteiger partial charge in [-0.15, -0.1) is 11.3 Å². The standard InChI is InChI=1S/C22H22N2O4S3/c1-3-24(4-2)31(27,28)22-14-12-21(13-15-22)30(25,26)23-19-8-5-7-18(17-19)10-11-20-9-6-16-29-20/h5-9,12-17,23H,3-4H2,1-2H3. The minimum absolute atomic E-state index is 0.0268. The molecule has 0 unspecified atom stereocenters. The third-order valence-corrected chi connectivity index (χ3v) is 8.69. The quantitative estimate of drug-likeness (QED) is 0.525. The Kier molecular flexibility index (Phi) is 7.18. The van der Waals surface area contributed by atoms with E-state index in [-0.39, 0.29) is 9.79 Å². The molecule has 0 aliphatic carbocycles. The maximum Gasteiger partial charge on any atom is 0.261 e. The fourth-order valence-electron chi connectivity index (χ4n) is 2.86. The molecule has 162 valence electrons. The normalized spacial score (nSPS) is 11.7. The molecule has 0 atom stereocenters. The largest absolute Gasteiger partial charge is 0.280 e. The van der Waals surface area contributed by atoms with E-state index in [1.807, 2.05) is 17.5 Å². The van der Waals surface area contributed by atoms with Crippen molar-refractivity contribution < 1.29 is 16.8 Å². The fourth-order valence-corrected chi connectivity index (χ4v) is 5.94. The Labute approximate surface area is 187 Å². The Bertz CT molecular complexity index is 1300. The van der Waals surface area contributed by atoms with Gasteiger partial charge in [0.15, 0.2) is 0 Å². The van der Waals surface area contributed by atoms with Gasteiger partial charge >= 0.3 is 0 Å². The van der Waals surface area contributed by atoms with Gasteiger partial charge in [-0.05, 0) is 53.9 Å². The molecule has 3 aromatic rings. The van der Waals surface area contributed by atoms with Gasteiger partial charge in [0.25, 0.3) is 10.0 Å². The van der Waals surface area contributed by atoms with E-state index in [0.717, 1.165) is 4.88 Å². The predicted molar refractivity (Wildman–Crippen MR) is 124 cm³/mol. The summed E-state index contributed by atoms with van der Waals surface area (Å²) in [7, 11) is -7.54. The van der Waals surface area contributed by atoms with Gasteiger partial charge in [0.2, 0.25) is 10.0 Å². The first-order chi connectivity index (χ1) is 14.8. The lowest BCUT2D eigenvalue weighted by Crippen LogP contribution is -2.30. The lowest BCUT2D eigenvalue weighted by Gasteiger charge is -2.18. The number of hydrogen-bond donors (Lipinski definition) is 1. The molecule has 0 amide bonds. The zero-order chi connectivity index (χ0) is 22.5. The molecule has 31 heavy (non-hydrogen) atoms. The van der Waals surface area contributed by atoms with Crippen molar-refractivity contribution in [2.45, 2.75) is 23.6 Å². The Hall–Kier alpha value is -2.64. The topological polar surface area (TPSA) is 83.6 Å². The maximum atomic E-state index is 12.8. The Morgan fingerprint density at radius 1 is 0.871 bits per heavy atom. The SMILES string of the molecule is CCN(CC)S(=O)(=O)c1ccc(S(=O)(=O)Nc2cccc(C#Cc3cccs3)c2)cc1. The van der Waals surface area contributed by atoms with Crippen LogP contribution < -0.4 is 4.72 Å². The van der Waals surface area contributed by atoms with Crippen LogP contribution in [-0.4, -0.2) is 34.2 Å². The summed E-state index contributed by atoms with van der Waals surface area (Å²) in [6.45, 7) is 4.18. The van der Waals surface area contributed by atoms with Crippen molar-refractivity contribution in [1.29, 1.82) is 0 Å². The van der Waals surface area contributed by atoms with Crippen LogP contribution >= 0.6 is 11.3 Å². The van der Waals surface area contributed by atoms with E-state index in [2.05, 4.69) is 16.6 Å². The molecule has 9 heteroatoms. The van der Waals surface area contributed by atoms with Crippen LogP contribution in [0.4, 0.5) is 5.69 Å². The second kappa shape index (κ2) is 9.66. The summed E-state index contributed by atoms with van der Waals surface area (Å²) in [6, 6.07) is 15.8. The summed E-state index contributed by atoms with van der Waals surface area (Å²) >= 11 is 1.53. The van der Waals surface area contributed by atoms with Gasteiger partial charge in [0, 0.05) is 18.7 Å². The lowest BCUT2D eigenvalue weighted by molar-refractivity contribution is 0.445. The summed E-state index contributed by atoms with van der Waals surface area (Å²) in [5.74, 6) is 6.04. The van der Waals surface area contributed by atoms with Crippen molar-refractivity contribution >= 4 is 37.1 Å². The first kappa shape index (κ1) is 23.0. The van der Waals surface area contributed by atoms with E-state index in [4.69, 9.17) is 0 Å². The van der Waals surface area contributed by atoms with Gasteiger partial charge in [0.1, 0.15) is 0 Å². The zero-order valence-electron chi connectivity index (χ0n) is 17.1. The highest BCUT2D eigenvalue weighted by Gasteiger charge is 2.22. The van der Waals surface area contributed by atoms with Crippen LogP contribution in [0.5, 0.6) is 0 Å². The molecular formula is C22H22N2O4S3. The second-order valence-electron chi connectivity index (χ2n) is 6.47. The van der Waals surface area contributed by atoms with Gasteiger partial charge in [-0.1, -0.05) is 37.8 Å². The molecule has 0 spiro atoms. The average molecular weight is 475 g/mol. The van der Waals surface area contributed by atoms with Gasteiger partial charge in [-0.2, -0.15) is 4.31 Å². The van der Waals surface area contributed by atoms with Crippen LogP contribution in [0, 0.1) is 11.8 Å². The van der Waals surface area contributed by atoms with E-state index < -0.39 is 20.0 Å². The summed E-state index contributed by atoms with van der Waals surface area (Å²) in [5, 5.41) is 1.94. The number of benzene rings is 2. The highest BCUT2D eigenvalue weighted by atomic mass is 32.2. The second-order valence-corrected chi connectivity index (χ2v) is 11.0. The number of nitrogens with zero attached hydrogens (tertiary/aromatic N) is 1. The average Bonchev–Trinajstić information content (AvgIpc) is 3.27. The van der Waals surface area contributed by atoms with Gasteiger partial charge < -0.3 is 0 Å². The predicted octanol–water partition coefficient (Wildman–Crippen LogP) is 3.98. The van der Waals surface area contributed by atoms with E-state index in [9.17, 15) is 16.8 Å². The monoisotopic (exact) mass is 474 g/mol. The van der Waals surface area contributed by atoms with Crippen LogP contribution in [0.15, 0.2) is 75.8 Å². The fraction of sp³-hybridized carbons (Fsp3) is 0.182. The van der Waals surface area contributed by atoms with Crippen molar-refractivity contribution in [2.75, 3.05) is 17.8 Å². The smallest absolute Gasteiger partial charge is 0.261 e. The molecule has 0 fully saturated rings. The highest BCUT2D eigenvalue weighted by Crippen LogP contribution is 2.21. The number of nitrogens with one attached hydrogen (secondary N) is 1. The summed E-state index contributed by atoms with van der Waals surface area (Å²) < 4.78 is 54.5. The van der Waals surface area contributed by atoms with E-state index in [1.165, 1.54) is 39.9 Å². The third-order valence-electron chi connectivity index (χ3n) is 4.44. The van der Waals surface area contributed by atoms with Crippen LogP contribution in [0.3, 0.4) is 0 Å². The Morgan fingerprint density at radius 2 is 1.55 bits per heavy atom. The molecule has 3 rings (SSSR count). The molecule has 0 aliphatic rings. The summed E-state index contributed by atoms with van der Waals surface area (Å²) in [5.41, 5.74) is 1.05. The molecule has 1 heterocycles. The molecule has 2 aromatic carbocycles. The van der Waals surface area contributed by atoms with Crippen LogP contribution in [0.25, 0.3) is 0 Å². The molecular weight excluding hydrogens is 452 g/mol. The molecule has 0 saturated heterocycles. The minimum atomic E-state index is -3.89. The molecule has 1 aromatic heterocycles. The number of anilines is 1. The summed E-state index contributed by atoms with van der Waals surface area (Å²) in [6.07, 6.45) is 0. The van der Waals surface area contributed by atoms with Crippen molar-refractivity contribution in [2.24, 2.45) is 0 Å². The van der Waals surface area contributed by atoms with Crippen molar-refractivity contribution in [3.8, 4) is 11.8 Å².